The Labute approximate surface area is 109 Å². The van der Waals surface area contributed by atoms with Gasteiger partial charge in [0.15, 0.2) is 5.82 Å². The summed E-state index contributed by atoms with van der Waals surface area (Å²) >= 11 is 0. The quantitative estimate of drug-likeness (QED) is 0.834. The van der Waals surface area contributed by atoms with Crippen LogP contribution in [0.1, 0.15) is 38.3 Å². The highest BCUT2D eigenvalue weighted by Crippen LogP contribution is 2.33. The molecular weight excluding hydrogens is 228 g/mol. The minimum Gasteiger partial charge on any atom is -0.396 e. The van der Waals surface area contributed by atoms with Crippen LogP contribution in [-0.4, -0.2) is 34.1 Å². The van der Waals surface area contributed by atoms with Gasteiger partial charge >= 0.3 is 0 Å². The number of nitrogens with two attached hydrogens (primary N) is 1. The third-order valence-electron chi connectivity index (χ3n) is 3.79. The van der Waals surface area contributed by atoms with Crippen molar-refractivity contribution in [1.82, 2.24) is 9.78 Å². The van der Waals surface area contributed by atoms with Crippen LogP contribution in [0.25, 0.3) is 0 Å². The SMILES string of the molecule is CCn1nc(C)c(N)c1N1CCCC1CCCO. The van der Waals surface area contributed by atoms with E-state index in [0.29, 0.717) is 6.04 Å². The van der Waals surface area contributed by atoms with Crippen molar-refractivity contribution in [2.45, 2.75) is 52.1 Å². The molecule has 0 aromatic carbocycles. The highest BCUT2D eigenvalue weighted by molar-refractivity contribution is 5.67. The zero-order valence-electron chi connectivity index (χ0n) is 11.4. The van der Waals surface area contributed by atoms with Crippen LogP contribution in [0.4, 0.5) is 11.5 Å². The first kappa shape index (κ1) is 13.2. The van der Waals surface area contributed by atoms with Crippen LogP contribution in [0, 0.1) is 6.92 Å². The van der Waals surface area contributed by atoms with E-state index >= 15 is 0 Å². The van der Waals surface area contributed by atoms with E-state index in [4.69, 9.17) is 10.8 Å². The molecule has 1 aliphatic heterocycles. The smallest absolute Gasteiger partial charge is 0.150 e. The molecule has 0 saturated carbocycles. The monoisotopic (exact) mass is 252 g/mol. The Hall–Kier alpha value is -1.23. The van der Waals surface area contributed by atoms with Crippen molar-refractivity contribution in [3.05, 3.63) is 5.69 Å². The van der Waals surface area contributed by atoms with Gasteiger partial charge in [-0.3, -0.25) is 0 Å². The number of hydrogen-bond donors (Lipinski definition) is 2. The number of anilines is 2. The Morgan fingerprint density at radius 2 is 2.28 bits per heavy atom. The second kappa shape index (κ2) is 5.61. The first-order valence-electron chi connectivity index (χ1n) is 6.89. The molecule has 2 rings (SSSR count). The zero-order chi connectivity index (χ0) is 13.1. The molecule has 1 aliphatic rings. The maximum atomic E-state index is 8.98. The van der Waals surface area contributed by atoms with E-state index in [0.717, 1.165) is 43.1 Å². The number of aliphatic hydroxyl groups excluding tert-OH is 1. The van der Waals surface area contributed by atoms with Gasteiger partial charge in [-0.15, -0.1) is 0 Å². The Kier molecular flexibility index (Phi) is 4.11. The molecule has 3 N–H and O–H groups in total. The summed E-state index contributed by atoms with van der Waals surface area (Å²) in [5, 5.41) is 13.5. The summed E-state index contributed by atoms with van der Waals surface area (Å²) in [7, 11) is 0. The molecule has 0 radical (unpaired) electrons. The van der Waals surface area contributed by atoms with Gasteiger partial charge < -0.3 is 15.7 Å². The lowest BCUT2D eigenvalue weighted by Crippen LogP contribution is -2.32. The highest BCUT2D eigenvalue weighted by atomic mass is 16.2. The molecule has 5 heteroatoms. The van der Waals surface area contributed by atoms with E-state index in [9.17, 15) is 0 Å². The number of hydrogen-bond acceptors (Lipinski definition) is 4. The molecule has 1 fully saturated rings. The van der Waals surface area contributed by atoms with Crippen LogP contribution in [0.15, 0.2) is 0 Å². The minimum atomic E-state index is 0.270. The van der Waals surface area contributed by atoms with Crippen molar-refractivity contribution in [3.63, 3.8) is 0 Å². The fraction of sp³-hybridized carbons (Fsp3) is 0.769. The third-order valence-corrected chi connectivity index (χ3v) is 3.79. The van der Waals surface area contributed by atoms with Gasteiger partial charge in [-0.1, -0.05) is 0 Å². The van der Waals surface area contributed by atoms with Crippen molar-refractivity contribution in [2.75, 3.05) is 23.8 Å². The minimum absolute atomic E-state index is 0.270. The standard InChI is InChI=1S/C13H24N4O/c1-3-17-13(12(14)10(2)15-17)16-8-4-6-11(16)7-5-9-18/h11,18H,3-9,14H2,1-2H3. The molecule has 1 unspecified atom stereocenters. The molecule has 18 heavy (non-hydrogen) atoms. The molecule has 1 aromatic rings. The van der Waals surface area contributed by atoms with Gasteiger partial charge in [0.25, 0.3) is 0 Å². The van der Waals surface area contributed by atoms with E-state index in [1.54, 1.807) is 0 Å². The largest absolute Gasteiger partial charge is 0.396 e. The van der Waals surface area contributed by atoms with Crippen molar-refractivity contribution in [2.24, 2.45) is 0 Å². The van der Waals surface area contributed by atoms with E-state index < -0.39 is 0 Å². The molecule has 0 spiro atoms. The summed E-state index contributed by atoms with van der Waals surface area (Å²) in [6, 6.07) is 0.501. The Morgan fingerprint density at radius 1 is 1.50 bits per heavy atom. The first-order chi connectivity index (χ1) is 8.69. The summed E-state index contributed by atoms with van der Waals surface area (Å²) in [6.07, 6.45) is 4.28. The summed E-state index contributed by atoms with van der Waals surface area (Å²) in [5.41, 5.74) is 7.90. The lowest BCUT2D eigenvalue weighted by molar-refractivity contribution is 0.279. The number of rotatable bonds is 5. The van der Waals surface area contributed by atoms with Gasteiger partial charge in [0.05, 0.1) is 11.4 Å². The van der Waals surface area contributed by atoms with Crippen molar-refractivity contribution >= 4 is 11.5 Å². The molecule has 1 aromatic heterocycles. The van der Waals surface area contributed by atoms with E-state index in [1.807, 2.05) is 11.6 Å². The Morgan fingerprint density at radius 3 is 2.94 bits per heavy atom. The fourth-order valence-electron chi connectivity index (χ4n) is 2.85. The summed E-state index contributed by atoms with van der Waals surface area (Å²) in [6.45, 7) is 6.21. The van der Waals surface area contributed by atoms with E-state index in [2.05, 4.69) is 16.9 Å². The topological polar surface area (TPSA) is 67.3 Å². The zero-order valence-corrected chi connectivity index (χ0v) is 11.4. The summed E-state index contributed by atoms with van der Waals surface area (Å²) in [4.78, 5) is 2.38. The maximum Gasteiger partial charge on any atom is 0.150 e. The molecule has 0 bridgehead atoms. The summed E-state index contributed by atoms with van der Waals surface area (Å²) in [5.74, 6) is 1.08. The van der Waals surface area contributed by atoms with Gasteiger partial charge in [-0.05, 0) is 39.5 Å². The van der Waals surface area contributed by atoms with Crippen molar-refractivity contribution in [3.8, 4) is 0 Å². The van der Waals surface area contributed by atoms with Gasteiger partial charge in [0, 0.05) is 25.7 Å². The second-order valence-electron chi connectivity index (χ2n) is 4.99. The van der Waals surface area contributed by atoms with Crippen LogP contribution in [-0.2, 0) is 6.54 Å². The van der Waals surface area contributed by atoms with E-state index in [1.165, 1.54) is 12.8 Å². The van der Waals surface area contributed by atoms with Gasteiger partial charge in [0.2, 0.25) is 0 Å². The molecule has 102 valence electrons. The summed E-state index contributed by atoms with van der Waals surface area (Å²) < 4.78 is 2.00. The number of nitrogens with zero attached hydrogens (tertiary/aromatic N) is 3. The third kappa shape index (κ3) is 2.32. The van der Waals surface area contributed by atoms with Crippen molar-refractivity contribution in [1.29, 1.82) is 0 Å². The molecule has 1 atom stereocenters. The Bertz CT molecular complexity index is 402. The molecular formula is C13H24N4O. The lowest BCUT2D eigenvalue weighted by Gasteiger charge is -2.27. The van der Waals surface area contributed by atoms with Crippen LogP contribution in [0.5, 0.6) is 0 Å². The second-order valence-corrected chi connectivity index (χ2v) is 4.99. The van der Waals surface area contributed by atoms with Crippen LogP contribution < -0.4 is 10.6 Å². The number of nitrogen functional groups attached to an aromatic ring is 1. The van der Waals surface area contributed by atoms with Gasteiger partial charge in [-0.25, -0.2) is 4.68 Å². The van der Waals surface area contributed by atoms with Gasteiger partial charge in [0.1, 0.15) is 0 Å². The number of aryl methyl sites for hydroxylation is 2. The molecule has 0 aliphatic carbocycles. The lowest BCUT2D eigenvalue weighted by atomic mass is 10.1. The normalized spacial score (nSPS) is 19.7. The molecule has 1 saturated heterocycles. The van der Waals surface area contributed by atoms with Crippen LogP contribution in [0.2, 0.25) is 0 Å². The van der Waals surface area contributed by atoms with Crippen LogP contribution >= 0.6 is 0 Å². The predicted octanol–water partition coefficient (Wildman–Crippen LogP) is 1.53. The van der Waals surface area contributed by atoms with Crippen molar-refractivity contribution < 1.29 is 5.11 Å². The average molecular weight is 252 g/mol. The molecule has 0 amide bonds. The number of aliphatic hydroxyl groups is 1. The molecule has 2 heterocycles. The first-order valence-corrected chi connectivity index (χ1v) is 6.89. The van der Waals surface area contributed by atoms with Crippen LogP contribution in [0.3, 0.4) is 0 Å². The fourth-order valence-corrected chi connectivity index (χ4v) is 2.85. The highest BCUT2D eigenvalue weighted by Gasteiger charge is 2.29. The average Bonchev–Trinajstić information content (AvgIpc) is 2.92. The maximum absolute atomic E-state index is 8.98. The predicted molar refractivity (Wildman–Crippen MR) is 73.7 cm³/mol. The Balaban J connectivity index is 2.24. The van der Waals surface area contributed by atoms with E-state index in [-0.39, 0.29) is 6.61 Å². The van der Waals surface area contributed by atoms with Gasteiger partial charge in [-0.2, -0.15) is 5.10 Å². The molecule has 5 nitrogen and oxygen atoms in total. The number of aromatic nitrogens is 2.